The van der Waals surface area contributed by atoms with Gasteiger partial charge in [-0.2, -0.15) is 0 Å². The van der Waals surface area contributed by atoms with Crippen LogP contribution in [0.15, 0.2) is 60.8 Å². The molecule has 31 heavy (non-hydrogen) atoms. The lowest BCUT2D eigenvalue weighted by Gasteiger charge is -2.17. The molecule has 2 aromatic carbocycles. The quantitative estimate of drug-likeness (QED) is 0.447. The number of benzene rings is 2. The summed E-state index contributed by atoms with van der Waals surface area (Å²) >= 11 is 0. The van der Waals surface area contributed by atoms with Crippen molar-refractivity contribution in [3.8, 4) is 5.75 Å². The summed E-state index contributed by atoms with van der Waals surface area (Å²) in [6, 6.07) is 17.4. The molecule has 0 amide bonds. The van der Waals surface area contributed by atoms with Crippen molar-refractivity contribution in [2.45, 2.75) is 60.0 Å². The Morgan fingerprint density at radius 3 is 2.32 bits per heavy atom. The first kappa shape index (κ1) is 24.1. The van der Waals surface area contributed by atoms with Gasteiger partial charge < -0.3 is 9.84 Å². The Hall–Kier alpha value is -3.14. The van der Waals surface area contributed by atoms with Gasteiger partial charge in [-0.15, -0.1) is 0 Å². The molecule has 0 bridgehead atoms. The molecule has 0 fully saturated rings. The SMILES string of the molecule is CC.Cc1cccc(COc2c(C(C)C)ccnc2CCc2ccc(C(=O)O)cc2)c1. The Bertz CT molecular complexity index is 978. The highest BCUT2D eigenvalue weighted by molar-refractivity contribution is 5.87. The molecule has 0 radical (unpaired) electrons. The lowest BCUT2D eigenvalue weighted by Crippen LogP contribution is -2.06. The molecule has 0 aliphatic heterocycles. The van der Waals surface area contributed by atoms with Crippen molar-refractivity contribution in [3.63, 3.8) is 0 Å². The molecule has 1 heterocycles. The summed E-state index contributed by atoms with van der Waals surface area (Å²) in [4.78, 5) is 15.6. The van der Waals surface area contributed by atoms with Gasteiger partial charge in [-0.25, -0.2) is 4.79 Å². The zero-order chi connectivity index (χ0) is 22.8. The average molecular weight is 420 g/mol. The van der Waals surface area contributed by atoms with Gasteiger partial charge in [0, 0.05) is 11.8 Å². The topological polar surface area (TPSA) is 59.4 Å². The van der Waals surface area contributed by atoms with Gasteiger partial charge in [0.2, 0.25) is 0 Å². The van der Waals surface area contributed by atoms with Crippen LogP contribution in [-0.4, -0.2) is 16.1 Å². The first-order valence-corrected chi connectivity index (χ1v) is 10.9. The number of carboxylic acid groups (broad SMARTS) is 1. The first-order valence-electron chi connectivity index (χ1n) is 10.9. The molecule has 3 aromatic rings. The number of hydrogen-bond acceptors (Lipinski definition) is 3. The van der Waals surface area contributed by atoms with Crippen LogP contribution in [0.5, 0.6) is 5.75 Å². The minimum absolute atomic E-state index is 0.302. The summed E-state index contributed by atoms with van der Waals surface area (Å²) < 4.78 is 6.27. The van der Waals surface area contributed by atoms with Crippen LogP contribution in [-0.2, 0) is 19.4 Å². The number of ether oxygens (including phenoxy) is 1. The van der Waals surface area contributed by atoms with Gasteiger partial charge in [-0.3, -0.25) is 4.98 Å². The maximum absolute atomic E-state index is 11.0. The second kappa shape index (κ2) is 11.9. The summed E-state index contributed by atoms with van der Waals surface area (Å²) in [6.45, 7) is 10.9. The lowest BCUT2D eigenvalue weighted by atomic mass is 9.99. The lowest BCUT2D eigenvalue weighted by molar-refractivity contribution is 0.0697. The van der Waals surface area contributed by atoms with Crippen molar-refractivity contribution in [2.24, 2.45) is 0 Å². The number of hydrogen-bond donors (Lipinski definition) is 1. The van der Waals surface area contributed by atoms with Crippen molar-refractivity contribution in [1.82, 2.24) is 4.98 Å². The maximum atomic E-state index is 11.0. The third-order valence-electron chi connectivity index (χ3n) is 4.95. The van der Waals surface area contributed by atoms with Crippen LogP contribution >= 0.6 is 0 Å². The van der Waals surface area contributed by atoms with E-state index in [-0.39, 0.29) is 0 Å². The van der Waals surface area contributed by atoms with Gasteiger partial charge in [0.15, 0.2) is 0 Å². The molecule has 0 saturated heterocycles. The predicted octanol–water partition coefficient (Wildman–Crippen LogP) is 6.60. The molecule has 1 N–H and O–H groups in total. The highest BCUT2D eigenvalue weighted by Gasteiger charge is 2.15. The number of rotatable bonds is 8. The first-order chi connectivity index (χ1) is 14.9. The summed E-state index contributed by atoms with van der Waals surface area (Å²) in [7, 11) is 0. The van der Waals surface area contributed by atoms with Gasteiger partial charge in [0.05, 0.1) is 11.3 Å². The molecule has 0 aliphatic rings. The third kappa shape index (κ3) is 6.95. The van der Waals surface area contributed by atoms with E-state index in [2.05, 4.69) is 44.0 Å². The molecule has 0 atom stereocenters. The number of nitrogens with zero attached hydrogens (tertiary/aromatic N) is 1. The van der Waals surface area contributed by atoms with Crippen molar-refractivity contribution < 1.29 is 14.6 Å². The molecular formula is C27H33NO3. The summed E-state index contributed by atoms with van der Waals surface area (Å²) in [6.07, 6.45) is 3.35. The van der Waals surface area contributed by atoms with Gasteiger partial charge in [-0.05, 0) is 55.0 Å². The molecule has 3 rings (SSSR count). The molecule has 0 spiro atoms. The zero-order valence-electron chi connectivity index (χ0n) is 19.2. The number of carboxylic acids is 1. The number of aromatic carboxylic acids is 1. The largest absolute Gasteiger partial charge is 0.487 e. The average Bonchev–Trinajstić information content (AvgIpc) is 2.78. The Labute approximate surface area is 185 Å². The van der Waals surface area contributed by atoms with Crippen LogP contribution in [0.4, 0.5) is 0 Å². The van der Waals surface area contributed by atoms with E-state index in [9.17, 15) is 4.79 Å². The van der Waals surface area contributed by atoms with Crippen LogP contribution in [0.2, 0.25) is 0 Å². The zero-order valence-corrected chi connectivity index (χ0v) is 19.2. The van der Waals surface area contributed by atoms with Crippen molar-refractivity contribution in [1.29, 1.82) is 0 Å². The monoisotopic (exact) mass is 419 g/mol. The Morgan fingerprint density at radius 2 is 1.71 bits per heavy atom. The molecule has 0 saturated carbocycles. The second-order valence-electron chi connectivity index (χ2n) is 7.61. The number of aromatic nitrogens is 1. The number of aryl methyl sites for hydroxylation is 3. The smallest absolute Gasteiger partial charge is 0.335 e. The van der Waals surface area contributed by atoms with E-state index in [4.69, 9.17) is 9.84 Å². The van der Waals surface area contributed by atoms with E-state index < -0.39 is 5.97 Å². The van der Waals surface area contributed by atoms with E-state index in [0.29, 0.717) is 18.1 Å². The van der Waals surface area contributed by atoms with Crippen LogP contribution in [0.25, 0.3) is 0 Å². The van der Waals surface area contributed by atoms with Gasteiger partial charge in [0.1, 0.15) is 12.4 Å². The fourth-order valence-electron chi connectivity index (χ4n) is 3.34. The number of pyridine rings is 1. The Balaban J connectivity index is 0.00000166. The summed E-state index contributed by atoms with van der Waals surface area (Å²) in [5.41, 5.74) is 5.83. The van der Waals surface area contributed by atoms with Crippen LogP contribution in [0.3, 0.4) is 0 Å². The van der Waals surface area contributed by atoms with Crippen molar-refractivity contribution in [3.05, 3.63) is 94.3 Å². The maximum Gasteiger partial charge on any atom is 0.335 e. The predicted molar refractivity (Wildman–Crippen MR) is 126 cm³/mol. The summed E-state index contributed by atoms with van der Waals surface area (Å²) in [5, 5.41) is 9.05. The normalized spacial score (nSPS) is 10.4. The van der Waals surface area contributed by atoms with Crippen LogP contribution in [0, 0.1) is 6.92 Å². The third-order valence-corrected chi connectivity index (χ3v) is 4.95. The van der Waals surface area contributed by atoms with E-state index in [1.54, 1.807) is 12.1 Å². The van der Waals surface area contributed by atoms with Crippen molar-refractivity contribution in [2.75, 3.05) is 0 Å². The standard InChI is InChI=1S/C25H27NO3.C2H6/c1-17(2)22-13-14-26-23(12-9-19-7-10-21(11-8-19)25(27)28)24(22)29-16-20-6-4-5-18(3)15-20;1-2/h4-8,10-11,13-15,17H,9,12,16H2,1-3H3,(H,27,28);1-2H3. The van der Waals surface area contributed by atoms with Crippen molar-refractivity contribution >= 4 is 5.97 Å². The van der Waals surface area contributed by atoms with E-state index in [0.717, 1.165) is 41.0 Å². The fraction of sp³-hybridized carbons (Fsp3) is 0.333. The highest BCUT2D eigenvalue weighted by Crippen LogP contribution is 2.30. The van der Waals surface area contributed by atoms with Crippen LogP contribution < -0.4 is 4.74 Å². The van der Waals surface area contributed by atoms with Crippen LogP contribution in [0.1, 0.15) is 71.9 Å². The van der Waals surface area contributed by atoms with E-state index in [1.165, 1.54) is 5.56 Å². The minimum atomic E-state index is -0.908. The Kier molecular flexibility index (Phi) is 9.26. The molecular weight excluding hydrogens is 386 g/mol. The number of carbonyl (C=O) groups is 1. The minimum Gasteiger partial charge on any atom is -0.487 e. The van der Waals surface area contributed by atoms with Gasteiger partial charge in [0.25, 0.3) is 0 Å². The fourth-order valence-corrected chi connectivity index (χ4v) is 3.34. The highest BCUT2D eigenvalue weighted by atomic mass is 16.5. The van der Waals surface area contributed by atoms with E-state index in [1.807, 2.05) is 44.3 Å². The molecule has 0 unspecified atom stereocenters. The van der Waals surface area contributed by atoms with Gasteiger partial charge >= 0.3 is 5.97 Å². The second-order valence-corrected chi connectivity index (χ2v) is 7.61. The molecule has 4 nitrogen and oxygen atoms in total. The molecule has 4 heteroatoms. The van der Waals surface area contributed by atoms with E-state index >= 15 is 0 Å². The Morgan fingerprint density at radius 1 is 1.00 bits per heavy atom. The molecule has 0 aliphatic carbocycles. The van der Waals surface area contributed by atoms with Gasteiger partial charge in [-0.1, -0.05) is 69.7 Å². The molecule has 164 valence electrons. The molecule has 1 aromatic heterocycles. The summed E-state index contributed by atoms with van der Waals surface area (Å²) in [5.74, 6) is 0.292.